The summed E-state index contributed by atoms with van der Waals surface area (Å²) in [5.41, 5.74) is 4.83. The number of hydrogen-bond acceptors (Lipinski definition) is 10. The van der Waals surface area contributed by atoms with Crippen molar-refractivity contribution in [3.8, 4) is 5.75 Å². The number of carbonyl (C=O) groups excluding carboxylic acids is 5. The molecule has 1 amide bonds. The number of fused-ring (bicyclic) bond motifs is 18. The lowest BCUT2D eigenvalue weighted by atomic mass is 9.82. The van der Waals surface area contributed by atoms with E-state index in [4.69, 9.17) is 5.73 Å². The van der Waals surface area contributed by atoms with Gasteiger partial charge in [-0.2, -0.15) is 0 Å². The fraction of sp³-hybridized carbons (Fsp3) is 0.375. The Morgan fingerprint density at radius 1 is 0.745 bits per heavy atom. The molecule has 6 atom stereocenters. The maximum Gasteiger partial charge on any atom is 0.251 e. The molecule has 1 aliphatic carbocycles. The number of rotatable bonds is 0. The van der Waals surface area contributed by atoms with Crippen LogP contribution in [0.4, 0.5) is 0 Å². The number of phenols is 1. The van der Waals surface area contributed by atoms with Crippen LogP contribution in [0.1, 0.15) is 91.0 Å². The van der Waals surface area contributed by atoms with Crippen LogP contribution in [0.15, 0.2) is 88.9 Å². The van der Waals surface area contributed by atoms with E-state index < -0.39 is 76.1 Å². The van der Waals surface area contributed by atoms with Crippen LogP contribution >= 0.6 is 0 Å². The zero-order chi connectivity index (χ0) is 38.3. The largest absolute Gasteiger partial charge is 0.507 e. The second kappa shape index (κ2) is 17.3. The first kappa shape index (κ1) is 40.5. The van der Waals surface area contributed by atoms with E-state index in [1.165, 1.54) is 45.1 Å². The number of hydrogen-bond donors (Lipinski definition) is 6. The van der Waals surface area contributed by atoms with Gasteiger partial charge in [-0.3, -0.25) is 24.0 Å². The van der Waals surface area contributed by atoms with E-state index in [1.807, 2.05) is 0 Å². The molecule has 0 aromatic heterocycles. The summed E-state index contributed by atoms with van der Waals surface area (Å²) in [6, 6.07) is 1.26. The number of phenolic OH excluding ortho intramolecular Hbond substituents is 1. The van der Waals surface area contributed by atoms with E-state index in [2.05, 4.69) is 5.32 Å². The molecule has 4 bridgehead atoms. The minimum Gasteiger partial charge on any atom is -0.507 e. The molecule has 2 heterocycles. The number of ketones is 4. The van der Waals surface area contributed by atoms with Crippen LogP contribution in [0.5, 0.6) is 5.75 Å². The molecule has 0 saturated heterocycles. The highest BCUT2D eigenvalue weighted by molar-refractivity contribution is 6.31. The number of aromatic hydroxyl groups is 1. The average molecular weight is 701 g/mol. The highest BCUT2D eigenvalue weighted by Crippen LogP contribution is 2.36. The average Bonchev–Trinajstić information content (AvgIpc) is 3.09. The maximum absolute atomic E-state index is 13.8. The molecule has 7 N–H and O–H groups in total. The van der Waals surface area contributed by atoms with E-state index in [1.54, 1.807) is 64.2 Å². The number of nitrogens with one attached hydrogen (secondary N) is 1. The van der Waals surface area contributed by atoms with Gasteiger partial charge in [-0.05, 0) is 56.9 Å². The number of benzene rings is 1. The molecule has 11 nitrogen and oxygen atoms in total. The number of aliphatic hydroxyl groups is 3. The van der Waals surface area contributed by atoms with Gasteiger partial charge in [0, 0.05) is 35.3 Å². The number of Topliss-reactive ketones (excluding diaryl/α,β-unsaturated/α-hetero) is 4. The molecular weight excluding hydrogens is 652 g/mol. The second-order valence-electron chi connectivity index (χ2n) is 13.4. The van der Waals surface area contributed by atoms with Gasteiger partial charge in [0.05, 0.1) is 29.4 Å². The first-order valence-corrected chi connectivity index (χ1v) is 16.8. The summed E-state index contributed by atoms with van der Waals surface area (Å²) < 4.78 is 0. The van der Waals surface area contributed by atoms with Crippen molar-refractivity contribution >= 4 is 29.0 Å². The molecule has 2 aliphatic heterocycles. The van der Waals surface area contributed by atoms with Crippen molar-refractivity contribution in [3.05, 3.63) is 111 Å². The molecule has 0 saturated carbocycles. The number of nitrogens with two attached hydrogens (primary N) is 1. The summed E-state index contributed by atoms with van der Waals surface area (Å²) in [6.07, 6.45) is 11.3. The van der Waals surface area contributed by atoms with Gasteiger partial charge in [0.2, 0.25) is 11.6 Å². The molecule has 0 spiro atoms. The molecule has 0 radical (unpaired) electrons. The third-order valence-corrected chi connectivity index (χ3v) is 9.20. The minimum absolute atomic E-state index is 0.0835. The molecule has 1 aromatic carbocycles. The monoisotopic (exact) mass is 700 g/mol. The topological polar surface area (TPSA) is 204 Å². The van der Waals surface area contributed by atoms with Gasteiger partial charge in [0.15, 0.2) is 11.6 Å². The summed E-state index contributed by atoms with van der Waals surface area (Å²) in [7, 11) is 0. The fourth-order valence-electron chi connectivity index (χ4n) is 5.68. The van der Waals surface area contributed by atoms with Crippen LogP contribution in [0.3, 0.4) is 0 Å². The predicted molar refractivity (Wildman–Crippen MR) is 194 cm³/mol. The van der Waals surface area contributed by atoms with E-state index in [9.17, 15) is 44.4 Å². The molecule has 272 valence electrons. The Morgan fingerprint density at radius 2 is 1.41 bits per heavy atom. The minimum atomic E-state index is -1.01. The number of aryl methyl sites for hydroxylation is 1. The molecule has 1 aromatic rings. The standard InChI is InChI=1S/C40H48N2O9/c1-20-11-9-8-10-12-23(4)40(51)42-34-33(41)39(50)31-28(38(34)49)18-26(7)37(48)32(31)36(47)25(6)17-24(5)35(46)22(3)14-16-27(43)15-13-21(2)30(45)19-29(20)44/h8-14,16-18,20,22,24,27,29,35,43-44,46,48H,15,19,41H2,1-7H3,(H,42,51)/b10-8+,11-9+,16-14+,21-13-,23-12-,25-17+/t20-,22-,24-,27-,29-,35-/m0/s1. The summed E-state index contributed by atoms with van der Waals surface area (Å²) in [5.74, 6) is -5.44. The van der Waals surface area contributed by atoms with Gasteiger partial charge >= 0.3 is 0 Å². The van der Waals surface area contributed by atoms with Gasteiger partial charge in [-0.25, -0.2) is 0 Å². The molecule has 4 rings (SSSR count). The number of allylic oxidation sites excluding steroid dienone is 8. The van der Waals surface area contributed by atoms with Crippen LogP contribution in [-0.4, -0.2) is 67.8 Å². The summed E-state index contributed by atoms with van der Waals surface area (Å²) >= 11 is 0. The first-order valence-electron chi connectivity index (χ1n) is 16.8. The third kappa shape index (κ3) is 9.63. The van der Waals surface area contributed by atoms with Crippen LogP contribution in [-0.2, 0) is 9.59 Å². The molecule has 3 aliphatic rings. The Labute approximate surface area is 298 Å². The van der Waals surface area contributed by atoms with Crippen molar-refractivity contribution in [3.63, 3.8) is 0 Å². The molecule has 11 heteroatoms. The molecular formula is C40H48N2O9. The van der Waals surface area contributed by atoms with Crippen molar-refractivity contribution in [2.24, 2.45) is 23.5 Å². The number of amides is 1. The Balaban J connectivity index is 2.08. The van der Waals surface area contributed by atoms with E-state index in [-0.39, 0.29) is 52.4 Å². The first-order chi connectivity index (χ1) is 23.9. The lowest BCUT2D eigenvalue weighted by Gasteiger charge is -2.24. The Morgan fingerprint density at radius 3 is 2.08 bits per heavy atom. The van der Waals surface area contributed by atoms with Crippen molar-refractivity contribution in [2.45, 2.75) is 79.6 Å². The van der Waals surface area contributed by atoms with Crippen LogP contribution in [0.2, 0.25) is 0 Å². The van der Waals surface area contributed by atoms with E-state index in [0.29, 0.717) is 5.57 Å². The predicted octanol–water partition coefficient (Wildman–Crippen LogP) is 4.41. The smallest absolute Gasteiger partial charge is 0.251 e. The molecule has 0 unspecified atom stereocenters. The van der Waals surface area contributed by atoms with E-state index >= 15 is 0 Å². The summed E-state index contributed by atoms with van der Waals surface area (Å²) in [6.45, 7) is 11.2. The highest BCUT2D eigenvalue weighted by atomic mass is 16.3. The van der Waals surface area contributed by atoms with Crippen LogP contribution < -0.4 is 11.1 Å². The van der Waals surface area contributed by atoms with Gasteiger partial charge in [0.25, 0.3) is 5.91 Å². The third-order valence-electron chi connectivity index (χ3n) is 9.20. The molecule has 51 heavy (non-hydrogen) atoms. The van der Waals surface area contributed by atoms with Crippen molar-refractivity contribution < 1.29 is 44.4 Å². The number of carbonyl (C=O) groups is 5. The lowest BCUT2D eigenvalue weighted by Crippen LogP contribution is -2.37. The normalized spacial score (nSPS) is 31.6. The van der Waals surface area contributed by atoms with Crippen LogP contribution in [0.25, 0.3) is 0 Å². The van der Waals surface area contributed by atoms with Crippen molar-refractivity contribution in [2.75, 3.05) is 0 Å². The van der Waals surface area contributed by atoms with Gasteiger partial charge in [-0.15, -0.1) is 0 Å². The quantitative estimate of drug-likeness (QED) is 0.210. The Hall–Kier alpha value is -4.97. The Bertz CT molecular complexity index is 1820. The van der Waals surface area contributed by atoms with Gasteiger partial charge in [0.1, 0.15) is 17.1 Å². The van der Waals surface area contributed by atoms with Gasteiger partial charge < -0.3 is 31.5 Å². The van der Waals surface area contributed by atoms with Gasteiger partial charge in [-0.1, -0.05) is 75.5 Å². The second-order valence-corrected chi connectivity index (χ2v) is 13.4. The van der Waals surface area contributed by atoms with Crippen molar-refractivity contribution in [1.29, 1.82) is 0 Å². The summed E-state index contributed by atoms with van der Waals surface area (Å²) in [4.78, 5) is 66.8. The summed E-state index contributed by atoms with van der Waals surface area (Å²) in [5, 5.41) is 45.6. The SMILES string of the molecule is C/C1=C/C[C@H](O)/C=C/[C@H](C)[C@H](O)[C@@H](C)/C=C(\C)C(=O)c2c(O)c(C)cc3c2C(=O)C(N)=C(NC(=O)\C(C)=C/C=C/C=C/[C@H](C)[C@@H](O)CC1=O)C3=O. The Kier molecular flexibility index (Phi) is 13.7. The zero-order valence-corrected chi connectivity index (χ0v) is 30.1. The fourth-order valence-corrected chi connectivity index (χ4v) is 5.68. The lowest BCUT2D eigenvalue weighted by molar-refractivity contribution is -0.118. The number of aliphatic hydroxyl groups excluding tert-OH is 3. The highest BCUT2D eigenvalue weighted by Gasteiger charge is 2.38. The molecule has 0 fully saturated rings. The van der Waals surface area contributed by atoms with E-state index in [0.717, 1.165) is 0 Å². The van der Waals surface area contributed by atoms with Crippen molar-refractivity contribution in [1.82, 2.24) is 5.32 Å². The van der Waals surface area contributed by atoms with Crippen LogP contribution in [0, 0.1) is 24.7 Å². The zero-order valence-electron chi connectivity index (χ0n) is 30.1. The maximum atomic E-state index is 13.8.